The number of nitrogens with one attached hydrogen (secondary N) is 1. The van der Waals surface area contributed by atoms with Crippen molar-refractivity contribution in [3.05, 3.63) is 69.5 Å². The number of nitrogens with zero attached hydrogens (tertiary/aromatic N) is 1. The van der Waals surface area contributed by atoms with Gasteiger partial charge in [-0.15, -0.1) is 11.8 Å². The molecule has 0 aliphatic carbocycles. The first-order valence-electron chi connectivity index (χ1n) is 9.15. The van der Waals surface area contributed by atoms with Gasteiger partial charge in [0.1, 0.15) is 11.9 Å². The lowest BCUT2D eigenvalue weighted by Gasteiger charge is -2.28. The van der Waals surface area contributed by atoms with Crippen LogP contribution in [0.5, 0.6) is 0 Å². The van der Waals surface area contributed by atoms with Gasteiger partial charge in [0, 0.05) is 28.9 Å². The first-order valence-corrected chi connectivity index (χ1v) is 11.1. The Kier molecular flexibility index (Phi) is 9.27. The summed E-state index contributed by atoms with van der Waals surface area (Å²) in [5.41, 5.74) is 1.64. The standard InChI is InChI=1S/C21H23Cl2FN2O2S/c1-3-25-21(28)14(2)26(11-15-4-8-18(24)9-5-15)20(27)13-29-12-16-6-7-17(22)10-19(16)23/h4-10,14H,3,11-13H2,1-2H3,(H,25,28)/t14-/m0/s1. The van der Waals surface area contributed by atoms with Crippen molar-refractivity contribution in [1.29, 1.82) is 0 Å². The summed E-state index contributed by atoms with van der Waals surface area (Å²) in [5.74, 6) is -0.0263. The number of rotatable bonds is 9. The number of amides is 2. The van der Waals surface area contributed by atoms with E-state index in [-0.39, 0.29) is 29.9 Å². The first kappa shape index (κ1) is 23.5. The zero-order chi connectivity index (χ0) is 21.4. The van der Waals surface area contributed by atoms with Gasteiger partial charge in [-0.05, 0) is 49.2 Å². The Morgan fingerprint density at radius 1 is 1.17 bits per heavy atom. The van der Waals surface area contributed by atoms with Crippen LogP contribution in [0.25, 0.3) is 0 Å². The van der Waals surface area contributed by atoms with Crippen molar-refractivity contribution in [3.63, 3.8) is 0 Å². The predicted octanol–water partition coefficient (Wildman–Crippen LogP) is 4.92. The molecule has 1 atom stereocenters. The van der Waals surface area contributed by atoms with Crippen LogP contribution < -0.4 is 5.32 Å². The summed E-state index contributed by atoms with van der Waals surface area (Å²) in [6, 6.07) is 10.5. The van der Waals surface area contributed by atoms with Crippen molar-refractivity contribution in [2.45, 2.75) is 32.2 Å². The van der Waals surface area contributed by atoms with Gasteiger partial charge in [-0.1, -0.05) is 41.4 Å². The van der Waals surface area contributed by atoms with Crippen LogP contribution in [0.4, 0.5) is 4.39 Å². The number of thioether (sulfide) groups is 1. The molecule has 29 heavy (non-hydrogen) atoms. The van der Waals surface area contributed by atoms with Gasteiger partial charge < -0.3 is 10.2 Å². The summed E-state index contributed by atoms with van der Waals surface area (Å²) >= 11 is 13.5. The minimum atomic E-state index is -0.646. The van der Waals surface area contributed by atoms with Crippen LogP contribution in [0, 0.1) is 5.82 Å². The molecule has 2 aromatic rings. The molecule has 0 saturated heterocycles. The molecule has 2 aromatic carbocycles. The van der Waals surface area contributed by atoms with Gasteiger partial charge in [-0.25, -0.2) is 4.39 Å². The van der Waals surface area contributed by atoms with Crippen molar-refractivity contribution in [3.8, 4) is 0 Å². The van der Waals surface area contributed by atoms with E-state index >= 15 is 0 Å². The molecule has 2 amide bonds. The van der Waals surface area contributed by atoms with Crippen molar-refractivity contribution >= 4 is 46.8 Å². The summed E-state index contributed by atoms with van der Waals surface area (Å²) in [6.45, 7) is 4.21. The molecule has 0 fully saturated rings. The molecule has 8 heteroatoms. The minimum absolute atomic E-state index is 0.178. The van der Waals surface area contributed by atoms with Crippen molar-refractivity contribution in [2.24, 2.45) is 0 Å². The van der Waals surface area contributed by atoms with Crippen LogP contribution >= 0.6 is 35.0 Å². The molecule has 156 valence electrons. The van der Waals surface area contributed by atoms with Gasteiger partial charge in [-0.2, -0.15) is 0 Å². The largest absolute Gasteiger partial charge is 0.355 e. The summed E-state index contributed by atoms with van der Waals surface area (Å²) < 4.78 is 13.2. The molecule has 0 radical (unpaired) electrons. The highest BCUT2D eigenvalue weighted by molar-refractivity contribution is 7.99. The van der Waals surface area contributed by atoms with Gasteiger partial charge in [0.05, 0.1) is 5.75 Å². The smallest absolute Gasteiger partial charge is 0.242 e. The van der Waals surface area contributed by atoms with Crippen LogP contribution in [0.2, 0.25) is 10.0 Å². The number of likely N-dealkylation sites (N-methyl/N-ethyl adjacent to an activating group) is 1. The second kappa shape index (κ2) is 11.4. The van der Waals surface area contributed by atoms with Gasteiger partial charge in [-0.3, -0.25) is 9.59 Å². The fourth-order valence-corrected chi connectivity index (χ4v) is 4.13. The molecular formula is C21H23Cl2FN2O2S. The Morgan fingerprint density at radius 3 is 2.48 bits per heavy atom. The average molecular weight is 457 g/mol. The van der Waals surface area contributed by atoms with E-state index in [1.807, 2.05) is 13.0 Å². The number of halogens is 3. The van der Waals surface area contributed by atoms with E-state index in [0.717, 1.165) is 11.1 Å². The second-order valence-electron chi connectivity index (χ2n) is 6.45. The molecule has 0 aliphatic rings. The number of hydrogen-bond acceptors (Lipinski definition) is 3. The van der Waals surface area contributed by atoms with Gasteiger partial charge in [0.15, 0.2) is 0 Å². The Bertz CT molecular complexity index is 849. The number of benzene rings is 2. The lowest BCUT2D eigenvalue weighted by atomic mass is 10.1. The van der Waals surface area contributed by atoms with Gasteiger partial charge >= 0.3 is 0 Å². The van der Waals surface area contributed by atoms with E-state index in [1.54, 1.807) is 31.2 Å². The molecule has 0 aliphatic heterocycles. The topological polar surface area (TPSA) is 49.4 Å². The zero-order valence-electron chi connectivity index (χ0n) is 16.3. The molecule has 1 N–H and O–H groups in total. The predicted molar refractivity (Wildman–Crippen MR) is 118 cm³/mol. The maximum absolute atomic E-state index is 13.2. The van der Waals surface area contributed by atoms with Crippen molar-refractivity contribution in [1.82, 2.24) is 10.2 Å². The van der Waals surface area contributed by atoms with Crippen LogP contribution in [-0.4, -0.2) is 35.1 Å². The monoisotopic (exact) mass is 456 g/mol. The lowest BCUT2D eigenvalue weighted by Crippen LogP contribution is -2.48. The Morgan fingerprint density at radius 2 is 1.86 bits per heavy atom. The average Bonchev–Trinajstić information content (AvgIpc) is 2.68. The van der Waals surface area contributed by atoms with E-state index in [0.29, 0.717) is 22.3 Å². The zero-order valence-corrected chi connectivity index (χ0v) is 18.6. The molecular weight excluding hydrogens is 434 g/mol. The Balaban J connectivity index is 2.06. The second-order valence-corrected chi connectivity index (χ2v) is 8.28. The SMILES string of the molecule is CCNC(=O)[C@H](C)N(Cc1ccc(F)cc1)C(=O)CSCc1ccc(Cl)cc1Cl. The highest BCUT2D eigenvalue weighted by Gasteiger charge is 2.25. The van der Waals surface area contributed by atoms with Gasteiger partial charge in [0.2, 0.25) is 11.8 Å². The highest BCUT2D eigenvalue weighted by atomic mass is 35.5. The normalized spacial score (nSPS) is 11.8. The van der Waals surface area contributed by atoms with E-state index < -0.39 is 6.04 Å². The molecule has 0 unspecified atom stereocenters. The van der Waals surface area contributed by atoms with Crippen molar-refractivity contribution < 1.29 is 14.0 Å². The van der Waals surface area contributed by atoms with Crippen LogP contribution in [0.3, 0.4) is 0 Å². The van der Waals surface area contributed by atoms with E-state index in [9.17, 15) is 14.0 Å². The first-order chi connectivity index (χ1) is 13.8. The van der Waals surface area contributed by atoms with Crippen LogP contribution in [0.1, 0.15) is 25.0 Å². The molecule has 0 aromatic heterocycles. The third-order valence-electron chi connectivity index (χ3n) is 4.28. The number of carbonyl (C=O) groups excluding carboxylic acids is 2. The molecule has 0 saturated carbocycles. The maximum Gasteiger partial charge on any atom is 0.242 e. The maximum atomic E-state index is 13.2. The quantitative estimate of drug-likeness (QED) is 0.582. The van der Waals surface area contributed by atoms with E-state index in [1.165, 1.54) is 28.8 Å². The third-order valence-corrected chi connectivity index (χ3v) is 5.84. The van der Waals surface area contributed by atoms with Crippen LogP contribution in [-0.2, 0) is 21.9 Å². The summed E-state index contributed by atoms with van der Waals surface area (Å²) in [4.78, 5) is 26.7. The summed E-state index contributed by atoms with van der Waals surface area (Å²) in [5, 5.41) is 3.85. The molecule has 0 heterocycles. The molecule has 4 nitrogen and oxygen atoms in total. The highest BCUT2D eigenvalue weighted by Crippen LogP contribution is 2.25. The van der Waals surface area contributed by atoms with Gasteiger partial charge in [0.25, 0.3) is 0 Å². The Hall–Kier alpha value is -1.76. The minimum Gasteiger partial charge on any atom is -0.355 e. The molecule has 0 spiro atoms. The molecule has 0 bridgehead atoms. The number of carbonyl (C=O) groups is 2. The summed E-state index contributed by atoms with van der Waals surface area (Å²) in [7, 11) is 0. The number of hydrogen-bond donors (Lipinski definition) is 1. The van der Waals surface area contributed by atoms with E-state index in [4.69, 9.17) is 23.2 Å². The summed E-state index contributed by atoms with van der Waals surface area (Å²) in [6.07, 6.45) is 0. The van der Waals surface area contributed by atoms with Crippen molar-refractivity contribution in [2.75, 3.05) is 12.3 Å². The Labute approximate surface area is 184 Å². The fourth-order valence-electron chi connectivity index (χ4n) is 2.66. The van der Waals surface area contributed by atoms with Crippen LogP contribution in [0.15, 0.2) is 42.5 Å². The lowest BCUT2D eigenvalue weighted by molar-refractivity contribution is -0.138. The third kappa shape index (κ3) is 7.21. The van der Waals surface area contributed by atoms with E-state index in [2.05, 4.69) is 5.32 Å². The fraction of sp³-hybridized carbons (Fsp3) is 0.333. The molecule has 2 rings (SSSR count).